The van der Waals surface area contributed by atoms with E-state index in [4.69, 9.17) is 5.11 Å². The Balaban J connectivity index is 1.96. The first-order valence-corrected chi connectivity index (χ1v) is 6.19. The van der Waals surface area contributed by atoms with Crippen LogP contribution in [-0.4, -0.2) is 44.4 Å². The van der Waals surface area contributed by atoms with Crippen molar-refractivity contribution >= 4 is 23.2 Å². The molecule has 2 rings (SSSR count). The van der Waals surface area contributed by atoms with E-state index in [0.717, 1.165) is 0 Å². The van der Waals surface area contributed by atoms with Crippen molar-refractivity contribution in [2.45, 2.75) is 6.04 Å². The van der Waals surface area contributed by atoms with Gasteiger partial charge in [-0.05, 0) is 11.4 Å². The van der Waals surface area contributed by atoms with Crippen LogP contribution >= 0.6 is 11.3 Å². The molecule has 0 unspecified atom stereocenters. The number of amides is 2. The summed E-state index contributed by atoms with van der Waals surface area (Å²) in [4.78, 5) is 24.0. The topological polar surface area (TPSA) is 109 Å². The standard InChI is InChI=1S/C10H11N5O3S/c16-4-7(9(17)14-15-5-11-12-6-15)13-10(18)8-2-1-3-19-8/h1-3,5-7,16H,4H2,(H,13,18)(H,14,17)/t7-/m0/s1. The number of nitrogens with one attached hydrogen (secondary N) is 2. The molecule has 2 heterocycles. The van der Waals surface area contributed by atoms with Gasteiger partial charge in [-0.2, -0.15) is 0 Å². The number of aliphatic hydroxyl groups is 1. The molecule has 8 nitrogen and oxygen atoms in total. The Bertz CT molecular complexity index is 540. The summed E-state index contributed by atoms with van der Waals surface area (Å²) in [5.41, 5.74) is 2.40. The lowest BCUT2D eigenvalue weighted by Gasteiger charge is -2.15. The van der Waals surface area contributed by atoms with Crippen molar-refractivity contribution in [2.75, 3.05) is 12.0 Å². The van der Waals surface area contributed by atoms with Gasteiger partial charge in [0.05, 0.1) is 11.5 Å². The second-order valence-electron chi connectivity index (χ2n) is 3.53. The van der Waals surface area contributed by atoms with Gasteiger partial charge in [0, 0.05) is 0 Å². The molecule has 19 heavy (non-hydrogen) atoms. The van der Waals surface area contributed by atoms with Crippen LogP contribution in [0.3, 0.4) is 0 Å². The third-order valence-corrected chi connectivity index (χ3v) is 3.08. The van der Waals surface area contributed by atoms with Crippen LogP contribution in [0.4, 0.5) is 0 Å². The minimum atomic E-state index is -1.04. The molecule has 0 saturated carbocycles. The number of nitrogens with zero attached hydrogens (tertiary/aromatic N) is 3. The zero-order chi connectivity index (χ0) is 13.7. The molecule has 2 amide bonds. The van der Waals surface area contributed by atoms with E-state index in [1.165, 1.54) is 28.7 Å². The zero-order valence-electron chi connectivity index (χ0n) is 9.68. The molecule has 0 radical (unpaired) electrons. The summed E-state index contributed by atoms with van der Waals surface area (Å²) in [6.07, 6.45) is 2.57. The molecular weight excluding hydrogens is 270 g/mol. The van der Waals surface area contributed by atoms with Gasteiger partial charge in [0.1, 0.15) is 18.7 Å². The van der Waals surface area contributed by atoms with E-state index in [2.05, 4.69) is 20.9 Å². The first-order valence-electron chi connectivity index (χ1n) is 5.31. The van der Waals surface area contributed by atoms with Crippen molar-refractivity contribution in [3.63, 3.8) is 0 Å². The molecule has 100 valence electrons. The van der Waals surface area contributed by atoms with E-state index in [0.29, 0.717) is 4.88 Å². The number of rotatable bonds is 5. The summed E-state index contributed by atoms with van der Waals surface area (Å²) in [5.74, 6) is -0.972. The number of aromatic nitrogens is 3. The zero-order valence-corrected chi connectivity index (χ0v) is 10.5. The molecule has 2 aromatic heterocycles. The van der Waals surface area contributed by atoms with E-state index in [1.54, 1.807) is 17.5 Å². The van der Waals surface area contributed by atoms with E-state index in [1.807, 2.05) is 0 Å². The molecular formula is C10H11N5O3S. The minimum Gasteiger partial charge on any atom is -0.394 e. The molecule has 0 aliphatic carbocycles. The van der Waals surface area contributed by atoms with Crippen LogP contribution in [0.2, 0.25) is 0 Å². The maximum absolute atomic E-state index is 11.8. The van der Waals surface area contributed by atoms with E-state index in [-0.39, 0.29) is 0 Å². The van der Waals surface area contributed by atoms with E-state index < -0.39 is 24.5 Å². The quantitative estimate of drug-likeness (QED) is 0.665. The summed E-state index contributed by atoms with van der Waals surface area (Å²) >= 11 is 1.25. The van der Waals surface area contributed by atoms with Crippen molar-refractivity contribution in [3.05, 3.63) is 35.0 Å². The maximum Gasteiger partial charge on any atom is 0.263 e. The fourth-order valence-corrected chi connectivity index (χ4v) is 1.92. The van der Waals surface area contributed by atoms with Gasteiger partial charge in [-0.3, -0.25) is 15.0 Å². The van der Waals surface area contributed by atoms with Gasteiger partial charge in [-0.25, -0.2) is 4.68 Å². The summed E-state index contributed by atoms with van der Waals surface area (Å²) in [5, 5.41) is 20.4. The largest absolute Gasteiger partial charge is 0.394 e. The highest BCUT2D eigenvalue weighted by molar-refractivity contribution is 7.12. The Morgan fingerprint density at radius 2 is 2.16 bits per heavy atom. The van der Waals surface area contributed by atoms with Crippen LogP contribution in [0.5, 0.6) is 0 Å². The van der Waals surface area contributed by atoms with Crippen LogP contribution in [-0.2, 0) is 4.79 Å². The highest BCUT2D eigenvalue weighted by Gasteiger charge is 2.21. The van der Waals surface area contributed by atoms with Crippen molar-refractivity contribution in [3.8, 4) is 0 Å². The lowest BCUT2D eigenvalue weighted by atomic mass is 10.3. The normalized spacial score (nSPS) is 11.8. The number of hydrogen-bond donors (Lipinski definition) is 3. The number of aliphatic hydroxyl groups excluding tert-OH is 1. The molecule has 0 fully saturated rings. The second-order valence-corrected chi connectivity index (χ2v) is 4.48. The van der Waals surface area contributed by atoms with Crippen LogP contribution < -0.4 is 10.7 Å². The Hall–Kier alpha value is -2.26. The van der Waals surface area contributed by atoms with Crippen molar-refractivity contribution < 1.29 is 14.7 Å². The Labute approximate surface area is 112 Å². The molecule has 3 N–H and O–H groups in total. The lowest BCUT2D eigenvalue weighted by Crippen LogP contribution is -2.47. The van der Waals surface area contributed by atoms with Gasteiger partial charge in [0.15, 0.2) is 0 Å². The van der Waals surface area contributed by atoms with Crippen molar-refractivity contribution in [1.82, 2.24) is 20.2 Å². The number of thiophene rings is 1. The third kappa shape index (κ3) is 3.36. The first-order chi connectivity index (χ1) is 9.20. The van der Waals surface area contributed by atoms with Crippen LogP contribution in [0.25, 0.3) is 0 Å². The van der Waals surface area contributed by atoms with Gasteiger partial charge < -0.3 is 10.4 Å². The van der Waals surface area contributed by atoms with Crippen LogP contribution in [0.15, 0.2) is 30.2 Å². The molecule has 2 aromatic rings. The average molecular weight is 281 g/mol. The fraction of sp³-hybridized carbons (Fsp3) is 0.200. The predicted octanol–water partition coefficient (Wildman–Crippen LogP) is -0.799. The van der Waals surface area contributed by atoms with Gasteiger partial charge >= 0.3 is 0 Å². The van der Waals surface area contributed by atoms with E-state index >= 15 is 0 Å². The molecule has 0 bridgehead atoms. The number of carbonyl (C=O) groups is 2. The molecule has 0 aromatic carbocycles. The predicted molar refractivity (Wildman–Crippen MR) is 67.0 cm³/mol. The van der Waals surface area contributed by atoms with Gasteiger partial charge in [-0.1, -0.05) is 6.07 Å². The van der Waals surface area contributed by atoms with Crippen LogP contribution in [0, 0.1) is 0 Å². The second kappa shape index (κ2) is 6.07. The van der Waals surface area contributed by atoms with Gasteiger partial charge in [0.25, 0.3) is 11.8 Å². The number of carbonyl (C=O) groups excluding carboxylic acids is 2. The number of hydrogen-bond acceptors (Lipinski definition) is 6. The van der Waals surface area contributed by atoms with Gasteiger partial charge in [-0.15, -0.1) is 21.5 Å². The molecule has 0 aliphatic rings. The molecule has 0 aliphatic heterocycles. The molecule has 0 spiro atoms. The molecule has 9 heteroatoms. The average Bonchev–Trinajstić information content (AvgIpc) is 3.07. The molecule has 1 atom stereocenters. The summed E-state index contributed by atoms with van der Waals surface area (Å²) in [6, 6.07) is 2.31. The maximum atomic E-state index is 11.8. The highest BCUT2D eigenvalue weighted by atomic mass is 32.1. The van der Waals surface area contributed by atoms with E-state index in [9.17, 15) is 9.59 Å². The fourth-order valence-electron chi connectivity index (χ4n) is 1.29. The Morgan fingerprint density at radius 1 is 1.42 bits per heavy atom. The summed E-state index contributed by atoms with van der Waals surface area (Å²) in [6.45, 7) is -0.509. The third-order valence-electron chi connectivity index (χ3n) is 2.21. The Kier molecular flexibility index (Phi) is 4.21. The van der Waals surface area contributed by atoms with Crippen molar-refractivity contribution in [1.29, 1.82) is 0 Å². The lowest BCUT2D eigenvalue weighted by molar-refractivity contribution is -0.119. The first kappa shape index (κ1) is 13.2. The Morgan fingerprint density at radius 3 is 2.74 bits per heavy atom. The van der Waals surface area contributed by atoms with Crippen LogP contribution in [0.1, 0.15) is 9.67 Å². The smallest absolute Gasteiger partial charge is 0.263 e. The summed E-state index contributed by atoms with van der Waals surface area (Å²) in [7, 11) is 0. The highest BCUT2D eigenvalue weighted by Crippen LogP contribution is 2.08. The molecule has 0 saturated heterocycles. The van der Waals surface area contributed by atoms with Crippen molar-refractivity contribution in [2.24, 2.45) is 0 Å². The monoisotopic (exact) mass is 281 g/mol. The van der Waals surface area contributed by atoms with Gasteiger partial charge in [0.2, 0.25) is 0 Å². The minimum absolute atomic E-state index is 0.409. The SMILES string of the molecule is O=C(N[C@@H](CO)C(=O)Nn1cnnc1)c1cccs1. The summed E-state index contributed by atoms with van der Waals surface area (Å²) < 4.78 is 1.22.